The van der Waals surface area contributed by atoms with Gasteiger partial charge in [-0.3, -0.25) is 4.79 Å². The van der Waals surface area contributed by atoms with Crippen LogP contribution in [0.3, 0.4) is 0 Å². The van der Waals surface area contributed by atoms with Crippen molar-refractivity contribution in [1.29, 1.82) is 0 Å². The van der Waals surface area contributed by atoms with E-state index in [-0.39, 0.29) is 5.78 Å². The fraction of sp³-hybridized carbons (Fsp3) is 0.185. The van der Waals surface area contributed by atoms with Gasteiger partial charge in [0, 0.05) is 11.1 Å². The Balaban J connectivity index is 2.14. The average molecular weight is 398 g/mol. The molecular weight excluding hydrogens is 370 g/mol. The molecule has 0 bridgehead atoms. The maximum Gasteiger partial charge on any atom is 0.164 e. The minimum Gasteiger partial charge on any atom is -0.494 e. The Morgan fingerprint density at radius 3 is 2.07 bits per heavy atom. The first kappa shape index (κ1) is 21.3. The fourth-order valence-corrected chi connectivity index (χ4v) is 3.59. The van der Waals surface area contributed by atoms with Gasteiger partial charge in [0.1, 0.15) is 5.69 Å². The summed E-state index contributed by atoms with van der Waals surface area (Å²) in [6.07, 6.45) is 6.47. The highest BCUT2D eigenvalue weighted by Gasteiger charge is 2.22. The molecule has 0 atom stereocenters. The molecule has 3 rings (SSSR count). The molecule has 152 valence electrons. The monoisotopic (exact) mass is 397 g/mol. The zero-order chi connectivity index (χ0) is 21.7. The first-order valence-electron chi connectivity index (χ1n) is 10.1. The predicted octanol–water partition coefficient (Wildman–Crippen LogP) is 6.87. The molecule has 0 N–H and O–H groups in total. The number of carbonyl (C=O) groups is 1. The number of ether oxygens (including phenoxy) is 1. The Kier molecular flexibility index (Phi) is 6.63. The molecular formula is C27H27NO2. The van der Waals surface area contributed by atoms with Crippen LogP contribution in [-0.4, -0.2) is 17.9 Å². The summed E-state index contributed by atoms with van der Waals surface area (Å²) in [4.78, 5) is 17.3. The van der Waals surface area contributed by atoms with Gasteiger partial charge in [-0.05, 0) is 43.0 Å². The lowest BCUT2D eigenvalue weighted by Crippen LogP contribution is -2.07. The van der Waals surface area contributed by atoms with Crippen LogP contribution < -0.4 is 4.74 Å². The Hall–Kier alpha value is -3.46. The summed E-state index contributed by atoms with van der Waals surface area (Å²) in [5, 5.41) is 0. The van der Waals surface area contributed by atoms with Crippen molar-refractivity contribution in [2.24, 2.45) is 0 Å². The highest BCUT2D eigenvalue weighted by Crippen LogP contribution is 2.37. The number of benzene rings is 2. The number of pyridine rings is 1. The van der Waals surface area contributed by atoms with E-state index in [1.165, 1.54) is 18.1 Å². The van der Waals surface area contributed by atoms with Crippen molar-refractivity contribution in [3.8, 4) is 28.1 Å². The molecule has 0 radical (unpaired) electrons. The summed E-state index contributed by atoms with van der Waals surface area (Å²) in [6.45, 7) is 9.48. The number of methoxy groups -OCH3 is 1. The van der Waals surface area contributed by atoms with Crippen molar-refractivity contribution in [2.45, 2.75) is 27.2 Å². The largest absolute Gasteiger partial charge is 0.494 e. The van der Waals surface area contributed by atoms with Crippen LogP contribution in [-0.2, 0) is 6.42 Å². The van der Waals surface area contributed by atoms with Crippen LogP contribution in [0.15, 0.2) is 61.2 Å². The van der Waals surface area contributed by atoms with Gasteiger partial charge in [-0.2, -0.15) is 0 Å². The Bertz CT molecular complexity index is 1090. The summed E-state index contributed by atoms with van der Waals surface area (Å²) >= 11 is 0. The minimum atomic E-state index is -0.0798. The van der Waals surface area contributed by atoms with Crippen LogP contribution in [0.4, 0.5) is 0 Å². The van der Waals surface area contributed by atoms with Crippen LogP contribution in [0.25, 0.3) is 34.5 Å². The Morgan fingerprint density at radius 2 is 1.60 bits per heavy atom. The van der Waals surface area contributed by atoms with Gasteiger partial charge in [0.2, 0.25) is 0 Å². The molecule has 1 aromatic heterocycles. The van der Waals surface area contributed by atoms with Crippen molar-refractivity contribution < 1.29 is 9.53 Å². The van der Waals surface area contributed by atoms with Crippen LogP contribution in [0.5, 0.6) is 5.75 Å². The third-order valence-corrected chi connectivity index (χ3v) is 5.16. The molecule has 0 fully saturated rings. The Labute approximate surface area is 178 Å². The van der Waals surface area contributed by atoms with Crippen LogP contribution >= 0.6 is 0 Å². The summed E-state index contributed by atoms with van der Waals surface area (Å²) in [7, 11) is 1.57. The van der Waals surface area contributed by atoms with E-state index in [4.69, 9.17) is 9.72 Å². The van der Waals surface area contributed by atoms with Crippen LogP contribution in [0.2, 0.25) is 0 Å². The van der Waals surface area contributed by atoms with E-state index >= 15 is 0 Å². The van der Waals surface area contributed by atoms with Gasteiger partial charge in [-0.25, -0.2) is 4.98 Å². The quantitative estimate of drug-likeness (QED) is 0.409. The first-order chi connectivity index (χ1) is 14.5. The summed E-state index contributed by atoms with van der Waals surface area (Å²) in [5.41, 5.74) is 7.05. The van der Waals surface area contributed by atoms with Gasteiger partial charge in [0.05, 0.1) is 18.4 Å². The molecule has 3 aromatic rings. The second-order valence-electron chi connectivity index (χ2n) is 7.06. The van der Waals surface area contributed by atoms with E-state index < -0.39 is 0 Å². The number of allylic oxidation sites excluding steroid dienone is 1. The lowest BCUT2D eigenvalue weighted by molar-refractivity contribution is 0.101. The average Bonchev–Trinajstić information content (AvgIpc) is 2.78. The minimum absolute atomic E-state index is 0.0798. The predicted molar refractivity (Wildman–Crippen MR) is 126 cm³/mol. The topological polar surface area (TPSA) is 39.2 Å². The van der Waals surface area contributed by atoms with Gasteiger partial charge in [0.15, 0.2) is 11.5 Å². The lowest BCUT2D eigenvalue weighted by atomic mass is 9.96. The van der Waals surface area contributed by atoms with E-state index in [9.17, 15) is 4.79 Å². The maximum absolute atomic E-state index is 12.5. The van der Waals surface area contributed by atoms with Crippen LogP contribution in [0, 0.1) is 0 Å². The molecule has 30 heavy (non-hydrogen) atoms. The molecule has 0 saturated heterocycles. The SMILES string of the molecule is C=Cc1c(/C=C\C)nc(-c2ccc(-c3ccc(CC)cc3)cc2)c(OC)c1C(C)=O. The van der Waals surface area contributed by atoms with Crippen molar-refractivity contribution in [3.05, 3.63) is 83.6 Å². The molecule has 0 aliphatic rings. The number of aryl methyl sites for hydroxylation is 1. The number of rotatable bonds is 7. The van der Waals surface area contributed by atoms with E-state index in [0.29, 0.717) is 28.3 Å². The van der Waals surface area contributed by atoms with E-state index in [1.807, 2.05) is 31.2 Å². The molecule has 0 unspecified atom stereocenters. The summed E-state index contributed by atoms with van der Waals surface area (Å²) < 4.78 is 5.65. The second kappa shape index (κ2) is 9.36. The first-order valence-corrected chi connectivity index (χ1v) is 10.1. The second-order valence-corrected chi connectivity index (χ2v) is 7.06. The highest BCUT2D eigenvalue weighted by molar-refractivity contribution is 6.03. The van der Waals surface area contributed by atoms with Gasteiger partial charge in [-0.15, -0.1) is 0 Å². The molecule has 0 saturated carbocycles. The van der Waals surface area contributed by atoms with E-state index in [0.717, 1.165) is 17.5 Å². The zero-order valence-corrected chi connectivity index (χ0v) is 18.0. The highest BCUT2D eigenvalue weighted by atomic mass is 16.5. The van der Waals surface area contributed by atoms with Crippen molar-refractivity contribution in [1.82, 2.24) is 4.98 Å². The smallest absolute Gasteiger partial charge is 0.164 e. The molecule has 2 aromatic carbocycles. The van der Waals surface area contributed by atoms with Crippen molar-refractivity contribution >= 4 is 17.9 Å². The van der Waals surface area contributed by atoms with Gasteiger partial charge < -0.3 is 4.74 Å². The fourth-order valence-electron chi connectivity index (χ4n) is 3.59. The third kappa shape index (κ3) is 4.11. The number of hydrogen-bond acceptors (Lipinski definition) is 3. The number of Topliss-reactive ketones (excluding diaryl/α,β-unsaturated/α-hetero) is 1. The van der Waals surface area contributed by atoms with Gasteiger partial charge >= 0.3 is 0 Å². The maximum atomic E-state index is 12.5. The lowest BCUT2D eigenvalue weighted by Gasteiger charge is -2.17. The number of ketones is 1. The van der Waals surface area contributed by atoms with Crippen LogP contribution in [0.1, 0.15) is 48.0 Å². The number of aromatic nitrogens is 1. The molecule has 1 heterocycles. The summed E-state index contributed by atoms with van der Waals surface area (Å²) in [6, 6.07) is 16.8. The molecule has 0 aliphatic carbocycles. The van der Waals surface area contributed by atoms with Gasteiger partial charge in [0.25, 0.3) is 0 Å². The molecule has 0 spiro atoms. The Morgan fingerprint density at radius 1 is 1.03 bits per heavy atom. The van der Waals surface area contributed by atoms with Crippen molar-refractivity contribution in [3.63, 3.8) is 0 Å². The molecule has 0 amide bonds. The standard InChI is InChI=1S/C27H27NO2/c1-6-9-24-23(8-3)25(18(4)29)27(30-5)26(28-24)22-16-14-21(15-17-22)20-12-10-19(7-2)11-13-20/h6,8-17H,3,7H2,1-2,4-5H3/b9-6-. The zero-order valence-electron chi connectivity index (χ0n) is 18.0. The molecule has 0 aliphatic heterocycles. The molecule has 3 heteroatoms. The number of carbonyl (C=O) groups excluding carboxylic acids is 1. The summed E-state index contributed by atoms with van der Waals surface area (Å²) in [5.74, 6) is 0.398. The van der Waals surface area contributed by atoms with Crippen molar-refractivity contribution in [2.75, 3.05) is 7.11 Å². The number of nitrogens with zero attached hydrogens (tertiary/aromatic N) is 1. The normalized spacial score (nSPS) is 10.9. The van der Waals surface area contributed by atoms with Gasteiger partial charge in [-0.1, -0.05) is 74.2 Å². The number of hydrogen-bond donors (Lipinski definition) is 0. The molecule has 3 nitrogen and oxygen atoms in total. The van der Waals surface area contributed by atoms with E-state index in [1.54, 1.807) is 13.2 Å². The third-order valence-electron chi connectivity index (χ3n) is 5.16. The van der Waals surface area contributed by atoms with E-state index in [2.05, 4.69) is 49.9 Å².